The van der Waals surface area contributed by atoms with Crippen molar-refractivity contribution in [2.45, 2.75) is 21.3 Å². The predicted octanol–water partition coefficient (Wildman–Crippen LogP) is 6.18. The van der Waals surface area contributed by atoms with Gasteiger partial charge in [-0.1, -0.05) is 48.6 Å². The molecule has 2 aromatic carbocycles. The van der Waals surface area contributed by atoms with Gasteiger partial charge in [0.05, 0.1) is 3.92 Å². The van der Waals surface area contributed by atoms with E-state index in [0.29, 0.717) is 24.0 Å². The van der Waals surface area contributed by atoms with Crippen LogP contribution in [0.15, 0.2) is 48.5 Å². The van der Waals surface area contributed by atoms with Gasteiger partial charge in [0.25, 0.3) is 0 Å². The minimum Gasteiger partial charge on any atom is -0.508 e. The summed E-state index contributed by atoms with van der Waals surface area (Å²) in [7, 11) is 0. The molecule has 8 heteroatoms. The van der Waals surface area contributed by atoms with Crippen molar-refractivity contribution < 1.29 is 19.7 Å². The monoisotopic (exact) mass is 707 g/mol. The van der Waals surface area contributed by atoms with Gasteiger partial charge in [-0.05, 0) is 70.5 Å². The molecule has 0 aliphatic heterocycles. The molecule has 146 valence electrons. The first-order chi connectivity index (χ1) is 12.6. The van der Waals surface area contributed by atoms with Crippen LogP contribution >= 0.6 is 68.0 Å². The number of halogens is 3. The van der Waals surface area contributed by atoms with Gasteiger partial charge in [0.2, 0.25) is 0 Å². The van der Waals surface area contributed by atoms with Crippen LogP contribution in [0.5, 0.6) is 17.2 Å². The highest BCUT2D eigenvalue weighted by molar-refractivity contribution is 14.1. The van der Waals surface area contributed by atoms with Gasteiger partial charge < -0.3 is 14.9 Å². The van der Waals surface area contributed by atoms with Crippen molar-refractivity contribution in [3.05, 3.63) is 54.1 Å². The fourth-order valence-electron chi connectivity index (χ4n) is 2.36. The second kappa shape index (κ2) is 9.92. The second-order valence-corrected chi connectivity index (χ2v) is 10.5. The summed E-state index contributed by atoms with van der Waals surface area (Å²) < 4.78 is 6.30. The van der Waals surface area contributed by atoms with E-state index in [-0.39, 0.29) is 9.67 Å². The fraction of sp³-hybridized carbons (Fsp3) is 0.316. The lowest BCUT2D eigenvalue weighted by molar-refractivity contribution is -0.141. The number of alkyl halides is 2. The van der Waals surface area contributed by atoms with E-state index in [9.17, 15) is 15.0 Å². The summed E-state index contributed by atoms with van der Waals surface area (Å²) in [6.45, 7) is 4.82. The van der Waals surface area contributed by atoms with Gasteiger partial charge in [0.15, 0.2) is 3.55 Å². The third kappa shape index (κ3) is 5.82. The van der Waals surface area contributed by atoms with Crippen molar-refractivity contribution in [2.75, 3.05) is 6.54 Å². The van der Waals surface area contributed by atoms with Crippen LogP contribution in [-0.4, -0.2) is 29.4 Å². The first-order valence-corrected chi connectivity index (χ1v) is 11.5. The quantitative estimate of drug-likeness (QED) is 0.149. The molecule has 0 radical (unpaired) electrons. The standard InChI is InChI=1S/C19H20I3NO4/c1-12(2)11-23(22)19(21,18(25)26)17(20)13-3-7-15(8-4-13)27-16-9-5-14(24)6-10-16/h3-10,12,17,24H,11H2,1-2H3,(H,25,26)/t17?,19-/m0/s1. The third-order valence-corrected chi connectivity index (χ3v) is 10.3. The number of carboxylic acids is 1. The topological polar surface area (TPSA) is 70.0 Å². The number of aliphatic carboxylic acids is 1. The Morgan fingerprint density at radius 1 is 1.11 bits per heavy atom. The summed E-state index contributed by atoms with van der Waals surface area (Å²) in [6, 6.07) is 13.9. The number of ether oxygens (including phenoxy) is 1. The van der Waals surface area contributed by atoms with Crippen molar-refractivity contribution in [3.63, 3.8) is 0 Å². The number of aromatic hydroxyl groups is 1. The zero-order valence-electron chi connectivity index (χ0n) is 14.8. The van der Waals surface area contributed by atoms with Gasteiger partial charge in [0.1, 0.15) is 17.2 Å². The molecule has 0 aliphatic rings. The summed E-state index contributed by atoms with van der Waals surface area (Å²) in [4.78, 5) is 12.1. The molecule has 0 spiro atoms. The number of rotatable bonds is 8. The summed E-state index contributed by atoms with van der Waals surface area (Å²) >= 11 is 6.35. The molecule has 2 atom stereocenters. The highest BCUT2D eigenvalue weighted by atomic mass is 127. The summed E-state index contributed by atoms with van der Waals surface area (Å²) in [6.07, 6.45) is 0. The van der Waals surface area contributed by atoms with Crippen molar-refractivity contribution in [1.29, 1.82) is 0 Å². The van der Waals surface area contributed by atoms with E-state index in [0.717, 1.165) is 5.56 Å². The molecule has 0 heterocycles. The molecular weight excluding hydrogens is 687 g/mol. The number of carbonyl (C=O) groups is 1. The lowest BCUT2D eigenvalue weighted by atomic mass is 10.0. The maximum absolute atomic E-state index is 12.1. The molecule has 0 saturated heterocycles. The van der Waals surface area contributed by atoms with Crippen LogP contribution in [0.25, 0.3) is 0 Å². The molecule has 5 nitrogen and oxygen atoms in total. The Kier molecular flexibility index (Phi) is 8.43. The number of nitrogens with zero attached hydrogens (tertiary/aromatic N) is 1. The molecule has 0 aliphatic carbocycles. The molecular formula is C19H20I3NO4. The average molecular weight is 707 g/mol. The normalized spacial score (nSPS) is 14.8. The molecule has 1 unspecified atom stereocenters. The van der Waals surface area contributed by atoms with Gasteiger partial charge in [-0.15, -0.1) is 0 Å². The van der Waals surface area contributed by atoms with E-state index >= 15 is 0 Å². The first-order valence-electron chi connectivity index (χ1n) is 8.21. The SMILES string of the molecule is CC(C)CN(I)[C@](I)(C(=O)O)C(I)c1ccc(Oc2ccc(O)cc2)cc1. The van der Waals surface area contributed by atoms with E-state index in [1.807, 2.05) is 50.0 Å². The highest BCUT2D eigenvalue weighted by Crippen LogP contribution is 2.46. The number of phenols is 1. The van der Waals surface area contributed by atoms with E-state index < -0.39 is 9.51 Å². The zero-order chi connectivity index (χ0) is 20.2. The Morgan fingerprint density at radius 2 is 1.59 bits per heavy atom. The zero-order valence-corrected chi connectivity index (χ0v) is 21.2. The minimum atomic E-state index is -1.07. The van der Waals surface area contributed by atoms with Gasteiger partial charge >= 0.3 is 5.97 Å². The van der Waals surface area contributed by atoms with Crippen LogP contribution in [0.1, 0.15) is 23.3 Å². The van der Waals surface area contributed by atoms with Crippen molar-refractivity contribution in [1.82, 2.24) is 3.11 Å². The molecule has 27 heavy (non-hydrogen) atoms. The molecule has 0 bridgehead atoms. The van der Waals surface area contributed by atoms with E-state index in [2.05, 4.69) is 59.3 Å². The van der Waals surface area contributed by atoms with E-state index in [1.54, 1.807) is 24.3 Å². The summed E-state index contributed by atoms with van der Waals surface area (Å²) in [5, 5.41) is 19.2. The molecule has 2 rings (SSSR count). The highest BCUT2D eigenvalue weighted by Gasteiger charge is 2.48. The molecule has 0 fully saturated rings. The van der Waals surface area contributed by atoms with Gasteiger partial charge in [-0.25, -0.2) is 7.91 Å². The Morgan fingerprint density at radius 3 is 2.04 bits per heavy atom. The second-order valence-electron chi connectivity index (χ2n) is 6.44. The van der Waals surface area contributed by atoms with Crippen LogP contribution < -0.4 is 4.74 Å². The Bertz CT molecular complexity index is 768. The number of hydrogen-bond acceptors (Lipinski definition) is 4. The third-order valence-electron chi connectivity index (χ3n) is 3.76. The van der Waals surface area contributed by atoms with E-state index in [1.165, 1.54) is 0 Å². The maximum atomic E-state index is 12.1. The fourth-order valence-corrected chi connectivity index (χ4v) is 5.74. The van der Waals surface area contributed by atoms with Crippen LogP contribution in [0, 0.1) is 5.92 Å². The number of carboxylic acid groups (broad SMARTS) is 1. The van der Waals surface area contributed by atoms with Gasteiger partial charge in [-0.2, -0.15) is 0 Å². The number of benzene rings is 2. The molecule has 0 aromatic heterocycles. The van der Waals surface area contributed by atoms with Crippen LogP contribution in [0.3, 0.4) is 0 Å². The molecule has 0 amide bonds. The van der Waals surface area contributed by atoms with Crippen molar-refractivity contribution >= 4 is 74.0 Å². The predicted molar refractivity (Wildman–Crippen MR) is 131 cm³/mol. The van der Waals surface area contributed by atoms with E-state index in [4.69, 9.17) is 4.74 Å². The molecule has 0 saturated carbocycles. The lowest BCUT2D eigenvalue weighted by Gasteiger charge is -2.36. The van der Waals surface area contributed by atoms with Gasteiger partial charge in [0, 0.05) is 29.4 Å². The Balaban J connectivity index is 2.20. The largest absolute Gasteiger partial charge is 0.508 e. The number of phenolic OH excluding ortho intramolecular Hbond substituents is 1. The lowest BCUT2D eigenvalue weighted by Crippen LogP contribution is -2.48. The summed E-state index contributed by atoms with van der Waals surface area (Å²) in [5.41, 5.74) is 0.913. The Hall–Kier alpha value is -0.340. The first kappa shape index (κ1) is 22.9. The van der Waals surface area contributed by atoms with Gasteiger partial charge in [-0.3, -0.25) is 0 Å². The summed E-state index contributed by atoms with van der Waals surface area (Å²) in [5.74, 6) is 0.955. The van der Waals surface area contributed by atoms with Crippen molar-refractivity contribution in [3.8, 4) is 17.2 Å². The molecule has 2 aromatic rings. The van der Waals surface area contributed by atoms with Crippen molar-refractivity contribution in [2.24, 2.45) is 5.92 Å². The molecule has 2 N–H and O–H groups in total. The maximum Gasteiger partial charge on any atom is 0.336 e. The average Bonchev–Trinajstić information content (AvgIpc) is 2.62. The van der Waals surface area contributed by atoms with Crippen LogP contribution in [-0.2, 0) is 4.79 Å². The van der Waals surface area contributed by atoms with Crippen LogP contribution in [0.2, 0.25) is 0 Å². The van der Waals surface area contributed by atoms with Crippen LogP contribution in [0.4, 0.5) is 0 Å². The minimum absolute atomic E-state index is 0.183. The smallest absolute Gasteiger partial charge is 0.336 e. The number of hydrogen-bond donors (Lipinski definition) is 2. The Labute approximate surface area is 200 Å².